The summed E-state index contributed by atoms with van der Waals surface area (Å²) in [7, 11) is 0. The van der Waals surface area contributed by atoms with Crippen molar-refractivity contribution in [1.29, 1.82) is 0 Å². The van der Waals surface area contributed by atoms with Gasteiger partial charge in [-0.25, -0.2) is 9.59 Å². The Bertz CT molecular complexity index is 605. The molecular weight excluding hydrogens is 437 g/mol. The van der Waals surface area contributed by atoms with E-state index in [1.165, 1.54) is 24.0 Å². The van der Waals surface area contributed by atoms with Crippen LogP contribution in [0.15, 0.2) is 28.4 Å². The SMILES string of the molecule is CCCN(C/C=C/I)C1CCc2cccc(O)c2C1.O=C(O)C(=O)O. The highest BCUT2D eigenvalue weighted by Gasteiger charge is 2.24. The van der Waals surface area contributed by atoms with Crippen molar-refractivity contribution in [3.63, 3.8) is 0 Å². The zero-order valence-electron chi connectivity index (χ0n) is 14.2. The molecule has 0 saturated carbocycles. The predicted molar refractivity (Wildman–Crippen MR) is 104 cm³/mol. The smallest absolute Gasteiger partial charge is 0.414 e. The van der Waals surface area contributed by atoms with Gasteiger partial charge in [0.2, 0.25) is 0 Å². The Kier molecular flexibility index (Phi) is 9.51. The van der Waals surface area contributed by atoms with Gasteiger partial charge < -0.3 is 15.3 Å². The Morgan fingerprint density at radius 1 is 1.32 bits per heavy atom. The van der Waals surface area contributed by atoms with E-state index in [0.717, 1.165) is 25.9 Å². The minimum absolute atomic E-state index is 0.475. The molecule has 25 heavy (non-hydrogen) atoms. The highest BCUT2D eigenvalue weighted by Crippen LogP contribution is 2.30. The predicted octanol–water partition coefficient (Wildman–Crippen LogP) is 3.07. The molecule has 0 fully saturated rings. The topological polar surface area (TPSA) is 98.1 Å². The third kappa shape index (κ3) is 7.03. The van der Waals surface area contributed by atoms with Gasteiger partial charge >= 0.3 is 11.9 Å². The number of carbonyl (C=O) groups is 2. The maximum Gasteiger partial charge on any atom is 0.414 e. The summed E-state index contributed by atoms with van der Waals surface area (Å²) < 4.78 is 2.09. The van der Waals surface area contributed by atoms with E-state index in [0.29, 0.717) is 11.8 Å². The number of benzene rings is 1. The first-order chi connectivity index (χ1) is 11.9. The van der Waals surface area contributed by atoms with Crippen molar-refractivity contribution in [2.24, 2.45) is 0 Å². The molecule has 0 spiro atoms. The van der Waals surface area contributed by atoms with Gasteiger partial charge in [0.25, 0.3) is 0 Å². The molecule has 7 heteroatoms. The summed E-state index contributed by atoms with van der Waals surface area (Å²) in [5.41, 5.74) is 2.50. The lowest BCUT2D eigenvalue weighted by molar-refractivity contribution is -0.159. The van der Waals surface area contributed by atoms with Crippen molar-refractivity contribution in [2.75, 3.05) is 13.1 Å². The first kappa shape index (κ1) is 21.4. The number of hydrogen-bond acceptors (Lipinski definition) is 4. The van der Waals surface area contributed by atoms with Crippen molar-refractivity contribution in [3.05, 3.63) is 39.5 Å². The van der Waals surface area contributed by atoms with Crippen molar-refractivity contribution in [2.45, 2.75) is 38.6 Å². The molecule has 0 aliphatic heterocycles. The molecule has 1 atom stereocenters. The number of aliphatic carboxylic acids is 2. The van der Waals surface area contributed by atoms with Crippen LogP contribution in [-0.4, -0.2) is 51.3 Å². The van der Waals surface area contributed by atoms with Gasteiger partial charge in [-0.2, -0.15) is 0 Å². The zero-order chi connectivity index (χ0) is 18.8. The number of phenolic OH excluding ortho intramolecular Hbond substituents is 1. The summed E-state index contributed by atoms with van der Waals surface area (Å²) in [4.78, 5) is 20.7. The summed E-state index contributed by atoms with van der Waals surface area (Å²) in [6.07, 6.45) is 6.67. The number of aryl methyl sites for hydroxylation is 1. The lowest BCUT2D eigenvalue weighted by Crippen LogP contribution is -2.40. The van der Waals surface area contributed by atoms with Crippen molar-refractivity contribution < 1.29 is 24.9 Å². The number of halogens is 1. The van der Waals surface area contributed by atoms with Crippen LogP contribution in [-0.2, 0) is 22.4 Å². The van der Waals surface area contributed by atoms with Crippen LogP contribution in [0.5, 0.6) is 5.75 Å². The lowest BCUT2D eigenvalue weighted by Gasteiger charge is -2.34. The van der Waals surface area contributed by atoms with Crippen molar-refractivity contribution in [3.8, 4) is 5.75 Å². The molecule has 2 rings (SSSR count). The molecular formula is C18H24INO5. The number of nitrogens with zero attached hydrogens (tertiary/aromatic N) is 1. The molecule has 1 aromatic carbocycles. The van der Waals surface area contributed by atoms with Crippen LogP contribution >= 0.6 is 22.6 Å². The van der Waals surface area contributed by atoms with E-state index in [9.17, 15) is 5.11 Å². The first-order valence-electron chi connectivity index (χ1n) is 8.15. The van der Waals surface area contributed by atoms with Gasteiger partial charge in [0.15, 0.2) is 0 Å². The molecule has 6 nitrogen and oxygen atoms in total. The fourth-order valence-corrected chi connectivity index (χ4v) is 3.18. The van der Waals surface area contributed by atoms with E-state index >= 15 is 0 Å². The fourth-order valence-electron chi connectivity index (χ4n) is 2.95. The van der Waals surface area contributed by atoms with Gasteiger partial charge in [0, 0.05) is 12.6 Å². The summed E-state index contributed by atoms with van der Waals surface area (Å²) in [5.74, 6) is -3.17. The van der Waals surface area contributed by atoms with Crippen LogP contribution < -0.4 is 0 Å². The summed E-state index contributed by atoms with van der Waals surface area (Å²) in [5, 5.41) is 24.8. The molecule has 0 radical (unpaired) electrons. The third-order valence-electron chi connectivity index (χ3n) is 4.07. The Morgan fingerprint density at radius 2 is 2.00 bits per heavy atom. The molecule has 138 valence electrons. The van der Waals surface area contributed by atoms with Gasteiger partial charge in [-0.3, -0.25) is 4.90 Å². The summed E-state index contributed by atoms with van der Waals surface area (Å²) >= 11 is 2.28. The summed E-state index contributed by atoms with van der Waals surface area (Å²) in [6, 6.07) is 6.49. The number of fused-ring (bicyclic) bond motifs is 1. The van der Waals surface area contributed by atoms with Gasteiger partial charge in [-0.15, -0.1) is 0 Å². The van der Waals surface area contributed by atoms with Gasteiger partial charge in [0.1, 0.15) is 5.75 Å². The van der Waals surface area contributed by atoms with Crippen LogP contribution in [0.2, 0.25) is 0 Å². The standard InChI is InChI=1S/C16H22INO.C2H2O4/c1-2-10-18(11-4-9-17)14-8-7-13-5-3-6-16(19)15(13)12-14;3-1(4)2(5)6/h3-6,9,14,19H,2,7-8,10-12H2,1H3;(H,3,4)(H,5,6)/b9-4+;. The molecule has 1 aliphatic carbocycles. The van der Waals surface area contributed by atoms with Gasteiger partial charge in [-0.05, 0) is 53.5 Å². The van der Waals surface area contributed by atoms with E-state index in [-0.39, 0.29) is 0 Å². The Hall–Kier alpha value is -1.61. The van der Waals surface area contributed by atoms with E-state index in [1.807, 2.05) is 12.1 Å². The molecule has 1 unspecified atom stereocenters. The van der Waals surface area contributed by atoms with Crippen molar-refractivity contribution in [1.82, 2.24) is 4.90 Å². The van der Waals surface area contributed by atoms with E-state index in [2.05, 4.69) is 50.6 Å². The quantitative estimate of drug-likeness (QED) is 0.461. The molecule has 1 aliphatic rings. The number of carboxylic acid groups (broad SMARTS) is 2. The van der Waals surface area contributed by atoms with Gasteiger partial charge in [-0.1, -0.05) is 47.7 Å². The fraction of sp³-hybridized carbons (Fsp3) is 0.444. The normalized spacial score (nSPS) is 16.2. The lowest BCUT2D eigenvalue weighted by atomic mass is 9.86. The molecule has 3 N–H and O–H groups in total. The monoisotopic (exact) mass is 461 g/mol. The van der Waals surface area contributed by atoms with Crippen LogP contribution in [0.1, 0.15) is 30.9 Å². The average Bonchev–Trinajstić information content (AvgIpc) is 2.59. The highest BCUT2D eigenvalue weighted by molar-refractivity contribution is 14.1. The molecule has 1 aromatic rings. The highest BCUT2D eigenvalue weighted by atomic mass is 127. The second-order valence-corrected chi connectivity index (χ2v) is 6.50. The second-order valence-electron chi connectivity index (χ2n) is 5.78. The van der Waals surface area contributed by atoms with Crippen LogP contribution in [0.4, 0.5) is 0 Å². The Morgan fingerprint density at radius 3 is 2.56 bits per heavy atom. The Labute approximate surface area is 161 Å². The largest absolute Gasteiger partial charge is 0.508 e. The number of carboxylic acids is 2. The van der Waals surface area contributed by atoms with Crippen LogP contribution in [0.3, 0.4) is 0 Å². The second kappa shape index (κ2) is 11.1. The number of rotatable bonds is 5. The maximum absolute atomic E-state index is 10.0. The number of phenols is 1. The van der Waals surface area contributed by atoms with E-state index in [1.54, 1.807) is 0 Å². The molecule has 0 saturated heterocycles. The average molecular weight is 461 g/mol. The van der Waals surface area contributed by atoms with Crippen molar-refractivity contribution >= 4 is 34.5 Å². The summed E-state index contributed by atoms with van der Waals surface area (Å²) in [6.45, 7) is 4.38. The number of aromatic hydroxyl groups is 1. The van der Waals surface area contributed by atoms with E-state index < -0.39 is 11.9 Å². The number of hydrogen-bond donors (Lipinski definition) is 3. The minimum Gasteiger partial charge on any atom is -0.508 e. The van der Waals surface area contributed by atoms with E-state index in [4.69, 9.17) is 19.8 Å². The zero-order valence-corrected chi connectivity index (χ0v) is 16.3. The van der Waals surface area contributed by atoms with Crippen LogP contribution in [0.25, 0.3) is 0 Å². The molecule has 0 aromatic heterocycles. The molecule has 0 heterocycles. The first-order valence-corrected chi connectivity index (χ1v) is 9.40. The minimum atomic E-state index is -1.82. The van der Waals surface area contributed by atoms with Gasteiger partial charge in [0.05, 0.1) is 0 Å². The molecule has 0 amide bonds. The third-order valence-corrected chi connectivity index (χ3v) is 4.58. The van der Waals surface area contributed by atoms with Crippen LogP contribution in [0, 0.1) is 0 Å². The molecule has 0 bridgehead atoms. The Balaban J connectivity index is 0.000000450. The maximum atomic E-state index is 10.0.